The number of benzene rings is 3. The topological polar surface area (TPSA) is 32.9 Å². The number of fused-ring (bicyclic) bond motifs is 4. The molecule has 1 N–H and O–H groups in total. The first-order valence-corrected chi connectivity index (χ1v) is 7.99. The molecule has 0 bridgehead atoms. The Balaban J connectivity index is 2.25. The van der Waals surface area contributed by atoms with Gasteiger partial charge in [0.15, 0.2) is 5.43 Å². The van der Waals surface area contributed by atoms with E-state index in [1.165, 1.54) is 25.6 Å². The fraction of sp³-hybridized carbons (Fsp3) is 0. The Morgan fingerprint density at radius 3 is 2.55 bits per heavy atom. The smallest absolute Gasteiger partial charge is 0.180 e. The van der Waals surface area contributed by atoms with Crippen molar-refractivity contribution < 1.29 is 0 Å². The van der Waals surface area contributed by atoms with Crippen LogP contribution in [0.25, 0.3) is 42.0 Å². The lowest BCUT2D eigenvalue weighted by Gasteiger charge is -2.12. The van der Waals surface area contributed by atoms with Crippen LogP contribution in [0.5, 0.6) is 0 Å². The first-order chi connectivity index (χ1) is 10.8. The highest BCUT2D eigenvalue weighted by molar-refractivity contribution is 7.25. The molecule has 2 nitrogen and oxygen atoms in total. The molecule has 0 aliphatic carbocycles. The summed E-state index contributed by atoms with van der Waals surface area (Å²) in [5.41, 5.74) is 2.01. The molecule has 22 heavy (non-hydrogen) atoms. The van der Waals surface area contributed by atoms with Gasteiger partial charge in [0.1, 0.15) is 0 Å². The van der Waals surface area contributed by atoms with Gasteiger partial charge in [-0.1, -0.05) is 24.3 Å². The normalized spacial score (nSPS) is 11.8. The Hall–Kier alpha value is -2.65. The molecule has 2 aromatic heterocycles. The molecule has 0 atom stereocenters. The van der Waals surface area contributed by atoms with Crippen molar-refractivity contribution in [1.29, 1.82) is 0 Å². The molecule has 0 unspecified atom stereocenters. The maximum Gasteiger partial charge on any atom is 0.180 e. The molecule has 3 heteroatoms. The van der Waals surface area contributed by atoms with E-state index in [1.807, 2.05) is 6.07 Å². The summed E-state index contributed by atoms with van der Waals surface area (Å²) in [6, 6.07) is 20.0. The van der Waals surface area contributed by atoms with Crippen LogP contribution >= 0.6 is 11.3 Å². The molecule has 0 amide bonds. The van der Waals surface area contributed by atoms with Gasteiger partial charge < -0.3 is 4.98 Å². The zero-order valence-corrected chi connectivity index (χ0v) is 12.4. The van der Waals surface area contributed by atoms with Crippen molar-refractivity contribution in [2.45, 2.75) is 0 Å². The molecular formula is C19H11NOS. The summed E-state index contributed by atoms with van der Waals surface area (Å²) < 4.78 is 2.52. The van der Waals surface area contributed by atoms with Crippen LogP contribution in [0.4, 0.5) is 0 Å². The molecule has 0 radical (unpaired) electrons. The van der Waals surface area contributed by atoms with Crippen molar-refractivity contribution in [2.75, 3.05) is 0 Å². The lowest BCUT2D eigenvalue weighted by molar-refractivity contribution is 1.49. The Bertz CT molecular complexity index is 1250. The van der Waals surface area contributed by atoms with Crippen molar-refractivity contribution in [1.82, 2.24) is 4.98 Å². The van der Waals surface area contributed by atoms with Gasteiger partial charge in [0.05, 0.1) is 5.52 Å². The Kier molecular flexibility index (Phi) is 2.27. The highest BCUT2D eigenvalue weighted by atomic mass is 32.1. The van der Waals surface area contributed by atoms with Crippen LogP contribution < -0.4 is 5.43 Å². The van der Waals surface area contributed by atoms with Crippen LogP contribution in [0.15, 0.2) is 65.5 Å². The first-order valence-electron chi connectivity index (χ1n) is 7.17. The van der Waals surface area contributed by atoms with E-state index in [4.69, 9.17) is 0 Å². The van der Waals surface area contributed by atoms with Gasteiger partial charge in [0.25, 0.3) is 0 Å². The molecule has 0 spiro atoms. The fourth-order valence-electron chi connectivity index (χ4n) is 3.26. The second-order valence-electron chi connectivity index (χ2n) is 5.48. The summed E-state index contributed by atoms with van der Waals surface area (Å²) in [7, 11) is 0. The largest absolute Gasteiger partial charge is 0.354 e. The predicted molar refractivity (Wildman–Crippen MR) is 95.0 cm³/mol. The summed E-state index contributed by atoms with van der Waals surface area (Å²) >= 11 is 1.80. The van der Waals surface area contributed by atoms with Crippen LogP contribution in [0.1, 0.15) is 0 Å². The average Bonchev–Trinajstić information content (AvgIpc) is 2.54. The maximum atomic E-state index is 11.7. The number of pyridine rings is 1. The van der Waals surface area contributed by atoms with Gasteiger partial charge in [-0.3, -0.25) is 4.79 Å². The quantitative estimate of drug-likeness (QED) is 0.315. The van der Waals surface area contributed by atoms with Gasteiger partial charge >= 0.3 is 0 Å². The van der Waals surface area contributed by atoms with Crippen molar-refractivity contribution in [3.05, 3.63) is 70.9 Å². The minimum atomic E-state index is 0.0323. The number of rotatable bonds is 0. The number of hydrogen-bond acceptors (Lipinski definition) is 2. The van der Waals surface area contributed by atoms with Crippen molar-refractivity contribution in [3.8, 4) is 0 Å². The van der Waals surface area contributed by atoms with E-state index < -0.39 is 0 Å². The summed E-state index contributed by atoms with van der Waals surface area (Å²) in [4.78, 5) is 15.1. The zero-order chi connectivity index (χ0) is 14.7. The summed E-state index contributed by atoms with van der Waals surface area (Å²) in [6.45, 7) is 0. The van der Waals surface area contributed by atoms with Crippen LogP contribution in [0.3, 0.4) is 0 Å². The van der Waals surface area contributed by atoms with E-state index in [1.54, 1.807) is 23.5 Å². The van der Waals surface area contributed by atoms with Crippen LogP contribution in [0, 0.1) is 0 Å². The average molecular weight is 301 g/mol. The third-order valence-electron chi connectivity index (χ3n) is 4.18. The lowest BCUT2D eigenvalue weighted by Crippen LogP contribution is -1.97. The molecule has 0 saturated heterocycles. The Labute approximate surface area is 129 Å². The molecule has 3 aromatic carbocycles. The number of nitrogens with one attached hydrogen (secondary N) is 1. The molecule has 5 aromatic rings. The van der Waals surface area contributed by atoms with E-state index in [2.05, 4.69) is 47.4 Å². The SMILES string of the molecule is O=c1ccc2c(c1)[nH]c1cccc3sc4ccccc4c2c13. The molecule has 0 fully saturated rings. The van der Waals surface area contributed by atoms with Crippen molar-refractivity contribution in [2.24, 2.45) is 0 Å². The standard InChI is InChI=1S/C19H11NOS/c21-11-8-9-12-15(10-11)20-14-5-3-7-17-19(14)18(12)13-4-1-2-6-16(13)22-17/h1-10,20H. The van der Waals surface area contributed by atoms with Crippen LogP contribution in [0.2, 0.25) is 0 Å². The number of aromatic nitrogens is 1. The monoisotopic (exact) mass is 301 g/mol. The molecule has 0 aliphatic heterocycles. The first kappa shape index (κ1) is 12.0. The van der Waals surface area contributed by atoms with Crippen molar-refractivity contribution in [3.63, 3.8) is 0 Å². The van der Waals surface area contributed by atoms with Crippen LogP contribution in [-0.4, -0.2) is 4.98 Å². The highest BCUT2D eigenvalue weighted by Crippen LogP contribution is 2.39. The minimum Gasteiger partial charge on any atom is -0.354 e. The fourth-order valence-corrected chi connectivity index (χ4v) is 4.39. The van der Waals surface area contributed by atoms with Gasteiger partial charge in [-0.25, -0.2) is 0 Å². The molecule has 0 aliphatic rings. The summed E-state index contributed by atoms with van der Waals surface area (Å²) in [5.74, 6) is 0. The molecule has 5 rings (SSSR count). The number of aromatic amines is 1. The number of hydrogen-bond donors (Lipinski definition) is 1. The van der Waals surface area contributed by atoms with Gasteiger partial charge in [0, 0.05) is 42.5 Å². The second kappa shape index (κ2) is 4.18. The third-order valence-corrected chi connectivity index (χ3v) is 5.32. The van der Waals surface area contributed by atoms with Crippen LogP contribution in [-0.2, 0) is 0 Å². The van der Waals surface area contributed by atoms with Gasteiger partial charge in [-0.2, -0.15) is 0 Å². The van der Waals surface area contributed by atoms with E-state index in [0.29, 0.717) is 0 Å². The van der Waals surface area contributed by atoms with E-state index in [-0.39, 0.29) is 5.43 Å². The van der Waals surface area contributed by atoms with Gasteiger partial charge in [0.2, 0.25) is 0 Å². The maximum absolute atomic E-state index is 11.7. The second-order valence-corrected chi connectivity index (χ2v) is 6.57. The summed E-state index contributed by atoms with van der Waals surface area (Å²) in [6.07, 6.45) is 0. The van der Waals surface area contributed by atoms with E-state index in [0.717, 1.165) is 16.4 Å². The van der Waals surface area contributed by atoms with E-state index in [9.17, 15) is 4.79 Å². The molecule has 104 valence electrons. The minimum absolute atomic E-state index is 0.0323. The molecule has 2 heterocycles. The highest BCUT2D eigenvalue weighted by Gasteiger charge is 2.11. The van der Waals surface area contributed by atoms with Crippen molar-refractivity contribution >= 4 is 53.3 Å². The predicted octanol–water partition coefficient (Wildman–Crippen LogP) is 5.05. The zero-order valence-electron chi connectivity index (χ0n) is 11.6. The van der Waals surface area contributed by atoms with Gasteiger partial charge in [-0.15, -0.1) is 11.3 Å². The van der Waals surface area contributed by atoms with Gasteiger partial charge in [-0.05, 0) is 30.3 Å². The Morgan fingerprint density at radius 1 is 0.727 bits per heavy atom. The third kappa shape index (κ3) is 1.51. The summed E-state index contributed by atoms with van der Waals surface area (Å²) in [5, 5.41) is 4.83. The molecular weight excluding hydrogens is 290 g/mol. The molecule has 0 saturated carbocycles. The van der Waals surface area contributed by atoms with E-state index >= 15 is 0 Å². The lowest BCUT2D eigenvalue weighted by atomic mass is 10.0. The number of H-pyrrole nitrogens is 1. The Morgan fingerprint density at radius 2 is 1.59 bits per heavy atom.